The van der Waals surface area contributed by atoms with Crippen molar-refractivity contribution in [2.75, 3.05) is 11.5 Å². The second kappa shape index (κ2) is 3.69. The van der Waals surface area contributed by atoms with Gasteiger partial charge in [0.25, 0.3) is 0 Å². The molecule has 2 saturated heterocycles. The van der Waals surface area contributed by atoms with Crippen LogP contribution >= 0.6 is 11.8 Å². The lowest BCUT2D eigenvalue weighted by Crippen LogP contribution is -2.62. The standard InChI is InChI=1S/C11H21NOS/c1-9-8-10(2,3)13-11(12-9)4-6-14-7-5-11/h9,12H,4-8H2,1-3H3. The minimum atomic E-state index is -0.00752. The third kappa shape index (κ3) is 2.26. The molecule has 0 saturated carbocycles. The highest BCUT2D eigenvalue weighted by Crippen LogP contribution is 2.37. The van der Waals surface area contributed by atoms with Crippen molar-refractivity contribution >= 4 is 11.8 Å². The summed E-state index contributed by atoms with van der Waals surface area (Å²) in [6.45, 7) is 6.70. The molecular weight excluding hydrogens is 194 g/mol. The van der Waals surface area contributed by atoms with E-state index in [1.54, 1.807) is 0 Å². The van der Waals surface area contributed by atoms with Crippen LogP contribution in [0.25, 0.3) is 0 Å². The lowest BCUT2D eigenvalue weighted by Gasteiger charge is -2.50. The van der Waals surface area contributed by atoms with Gasteiger partial charge in [0.15, 0.2) is 0 Å². The van der Waals surface area contributed by atoms with Crippen LogP contribution in [0.4, 0.5) is 0 Å². The van der Waals surface area contributed by atoms with Crippen LogP contribution in [0.3, 0.4) is 0 Å². The second-order valence-corrected chi connectivity index (χ2v) is 6.44. The maximum atomic E-state index is 6.25. The molecule has 1 atom stereocenters. The summed E-state index contributed by atoms with van der Waals surface area (Å²) in [5.74, 6) is 2.46. The van der Waals surface area contributed by atoms with Crippen LogP contribution < -0.4 is 5.32 Å². The van der Waals surface area contributed by atoms with E-state index in [1.165, 1.54) is 11.5 Å². The summed E-state index contributed by atoms with van der Waals surface area (Å²) >= 11 is 2.04. The second-order valence-electron chi connectivity index (χ2n) is 5.22. The maximum absolute atomic E-state index is 6.25. The number of rotatable bonds is 0. The number of thioether (sulfide) groups is 1. The van der Waals surface area contributed by atoms with Crippen LogP contribution in [-0.2, 0) is 4.74 Å². The number of nitrogens with one attached hydrogen (secondary N) is 1. The van der Waals surface area contributed by atoms with Gasteiger partial charge in [-0.2, -0.15) is 11.8 Å². The molecule has 2 aliphatic heterocycles. The molecule has 2 heterocycles. The van der Waals surface area contributed by atoms with E-state index in [0.717, 1.165) is 19.3 Å². The summed E-state index contributed by atoms with van der Waals surface area (Å²) < 4.78 is 6.25. The van der Waals surface area contributed by atoms with Crippen molar-refractivity contribution in [3.63, 3.8) is 0 Å². The van der Waals surface area contributed by atoms with Gasteiger partial charge < -0.3 is 4.74 Å². The van der Waals surface area contributed by atoms with Crippen molar-refractivity contribution < 1.29 is 4.74 Å². The summed E-state index contributed by atoms with van der Waals surface area (Å²) in [5.41, 5.74) is 0.0408. The summed E-state index contributed by atoms with van der Waals surface area (Å²) in [6.07, 6.45) is 3.43. The molecule has 2 rings (SSSR count). The van der Waals surface area contributed by atoms with Crippen LogP contribution in [0.15, 0.2) is 0 Å². The Morgan fingerprint density at radius 1 is 1.29 bits per heavy atom. The van der Waals surface area contributed by atoms with Crippen molar-refractivity contribution in [3.05, 3.63) is 0 Å². The Balaban J connectivity index is 2.10. The Labute approximate surface area is 91.2 Å². The van der Waals surface area contributed by atoms with E-state index >= 15 is 0 Å². The summed E-state index contributed by atoms with van der Waals surface area (Å²) in [7, 11) is 0. The van der Waals surface area contributed by atoms with E-state index in [2.05, 4.69) is 26.1 Å². The first-order valence-electron chi connectivity index (χ1n) is 5.57. The highest BCUT2D eigenvalue weighted by atomic mass is 32.2. The normalized spacial score (nSPS) is 35.8. The Hall–Kier alpha value is 0.270. The third-order valence-electron chi connectivity index (χ3n) is 3.08. The molecule has 2 nitrogen and oxygen atoms in total. The zero-order chi connectivity index (χ0) is 10.2. The van der Waals surface area contributed by atoms with Gasteiger partial charge in [0.1, 0.15) is 5.72 Å². The van der Waals surface area contributed by atoms with Gasteiger partial charge >= 0.3 is 0 Å². The third-order valence-corrected chi connectivity index (χ3v) is 4.06. The predicted octanol–water partition coefficient (Wildman–Crippen LogP) is 2.39. The molecule has 0 bridgehead atoms. The highest BCUT2D eigenvalue weighted by molar-refractivity contribution is 7.99. The average Bonchev–Trinajstić information content (AvgIpc) is 2.00. The van der Waals surface area contributed by atoms with Gasteiger partial charge in [-0.1, -0.05) is 0 Å². The zero-order valence-electron chi connectivity index (χ0n) is 9.43. The first-order valence-corrected chi connectivity index (χ1v) is 6.73. The van der Waals surface area contributed by atoms with Gasteiger partial charge in [-0.15, -0.1) is 0 Å². The Bertz CT molecular complexity index is 211. The molecule has 3 heteroatoms. The molecule has 1 spiro atoms. The Kier molecular flexibility index (Phi) is 2.84. The van der Waals surface area contributed by atoms with Crippen molar-refractivity contribution in [2.24, 2.45) is 0 Å². The van der Waals surface area contributed by atoms with Crippen LogP contribution in [0.1, 0.15) is 40.0 Å². The Morgan fingerprint density at radius 3 is 2.50 bits per heavy atom. The van der Waals surface area contributed by atoms with Crippen molar-refractivity contribution in [1.82, 2.24) is 5.32 Å². The van der Waals surface area contributed by atoms with Crippen molar-refractivity contribution in [2.45, 2.75) is 57.4 Å². The number of ether oxygens (including phenoxy) is 1. The largest absolute Gasteiger partial charge is 0.355 e. The first-order chi connectivity index (χ1) is 6.52. The first kappa shape index (κ1) is 10.8. The van der Waals surface area contributed by atoms with E-state index in [9.17, 15) is 0 Å². The van der Waals surface area contributed by atoms with E-state index in [4.69, 9.17) is 4.74 Å². The topological polar surface area (TPSA) is 21.3 Å². The molecule has 14 heavy (non-hydrogen) atoms. The number of hydrogen-bond donors (Lipinski definition) is 1. The van der Waals surface area contributed by atoms with Crippen LogP contribution in [-0.4, -0.2) is 28.9 Å². The summed E-state index contributed by atoms with van der Waals surface area (Å²) in [6, 6.07) is 0.585. The smallest absolute Gasteiger partial charge is 0.121 e. The fourth-order valence-electron chi connectivity index (χ4n) is 2.79. The van der Waals surface area contributed by atoms with Gasteiger partial charge in [0.2, 0.25) is 0 Å². The summed E-state index contributed by atoms with van der Waals surface area (Å²) in [5, 5.41) is 3.65. The molecule has 82 valence electrons. The number of hydrogen-bond acceptors (Lipinski definition) is 3. The quantitative estimate of drug-likeness (QED) is 0.670. The molecule has 1 unspecified atom stereocenters. The fourth-order valence-corrected chi connectivity index (χ4v) is 3.94. The molecule has 1 N–H and O–H groups in total. The monoisotopic (exact) mass is 215 g/mol. The maximum Gasteiger partial charge on any atom is 0.121 e. The molecule has 0 aromatic carbocycles. The molecule has 0 aromatic rings. The minimum absolute atomic E-state index is 0.00752. The van der Waals surface area contributed by atoms with Gasteiger partial charge in [0.05, 0.1) is 5.60 Å². The zero-order valence-corrected chi connectivity index (χ0v) is 10.2. The Morgan fingerprint density at radius 2 is 1.93 bits per heavy atom. The molecule has 2 aliphatic rings. The van der Waals surface area contributed by atoms with Crippen LogP contribution in [0.5, 0.6) is 0 Å². The minimum Gasteiger partial charge on any atom is -0.355 e. The van der Waals surface area contributed by atoms with Gasteiger partial charge in [0, 0.05) is 6.04 Å². The van der Waals surface area contributed by atoms with Crippen LogP contribution in [0, 0.1) is 0 Å². The van der Waals surface area contributed by atoms with Crippen molar-refractivity contribution in [3.8, 4) is 0 Å². The van der Waals surface area contributed by atoms with E-state index < -0.39 is 0 Å². The fraction of sp³-hybridized carbons (Fsp3) is 1.00. The van der Waals surface area contributed by atoms with Gasteiger partial charge in [-0.3, -0.25) is 5.32 Å². The molecule has 0 radical (unpaired) electrons. The predicted molar refractivity (Wildman–Crippen MR) is 61.7 cm³/mol. The summed E-state index contributed by atoms with van der Waals surface area (Å²) in [4.78, 5) is 0. The molecule has 0 amide bonds. The van der Waals surface area contributed by atoms with Gasteiger partial charge in [-0.25, -0.2) is 0 Å². The van der Waals surface area contributed by atoms with Gasteiger partial charge in [-0.05, 0) is 51.5 Å². The SMILES string of the molecule is CC1CC(C)(C)OC2(CCSCC2)N1. The van der Waals surface area contributed by atoms with Crippen LogP contribution in [0.2, 0.25) is 0 Å². The molecular formula is C11H21NOS. The molecule has 0 aliphatic carbocycles. The van der Waals surface area contributed by atoms with Crippen molar-refractivity contribution in [1.29, 1.82) is 0 Å². The van der Waals surface area contributed by atoms with E-state index in [0.29, 0.717) is 6.04 Å². The lowest BCUT2D eigenvalue weighted by molar-refractivity contribution is -0.199. The van der Waals surface area contributed by atoms with E-state index in [-0.39, 0.29) is 11.3 Å². The lowest BCUT2D eigenvalue weighted by atomic mass is 9.92. The highest BCUT2D eigenvalue weighted by Gasteiger charge is 2.43. The molecule has 0 aromatic heterocycles. The average molecular weight is 215 g/mol. The van der Waals surface area contributed by atoms with E-state index in [1.807, 2.05) is 11.8 Å². The molecule has 2 fully saturated rings.